The van der Waals surface area contributed by atoms with Crippen molar-refractivity contribution in [3.8, 4) is 11.8 Å². The molecule has 2 saturated heterocycles. The first-order valence-corrected chi connectivity index (χ1v) is 14.2. The Morgan fingerprint density at radius 2 is 1.95 bits per heavy atom. The van der Waals surface area contributed by atoms with E-state index in [1.807, 2.05) is 56.3 Å². The highest BCUT2D eigenvalue weighted by molar-refractivity contribution is 5.95. The molecular weight excluding hydrogens is 504 g/mol. The van der Waals surface area contributed by atoms with Crippen molar-refractivity contribution in [2.24, 2.45) is 0 Å². The van der Waals surface area contributed by atoms with Gasteiger partial charge >= 0.3 is 6.01 Å². The molecule has 9 heteroatoms. The number of hydrogen-bond acceptors (Lipinski definition) is 8. The molecule has 3 aliphatic heterocycles. The number of likely N-dealkylation sites (tertiary alicyclic amines) is 1. The minimum Gasteiger partial charge on any atom is -0.508 e. The minimum atomic E-state index is -0.0746. The number of aromatic hydroxyl groups is 1. The van der Waals surface area contributed by atoms with Crippen LogP contribution >= 0.6 is 0 Å². The highest BCUT2D eigenvalue weighted by Gasteiger charge is 2.43. The molecule has 4 heterocycles. The number of benzene rings is 2. The summed E-state index contributed by atoms with van der Waals surface area (Å²) in [6, 6.07) is 12.6. The van der Waals surface area contributed by atoms with Crippen molar-refractivity contribution in [2.75, 3.05) is 50.1 Å². The molecule has 1 N–H and O–H groups in total. The largest absolute Gasteiger partial charge is 0.508 e. The highest BCUT2D eigenvalue weighted by Crippen LogP contribution is 2.40. The number of phenolic OH excluding ortho intramolecular Hbond substituents is 1. The molecule has 3 atom stereocenters. The maximum Gasteiger partial charge on any atom is 0.318 e. The summed E-state index contributed by atoms with van der Waals surface area (Å²) >= 11 is 0. The second-order valence-corrected chi connectivity index (χ2v) is 11.5. The van der Waals surface area contributed by atoms with Gasteiger partial charge in [-0.2, -0.15) is 9.97 Å². The topological polar surface area (TPSA) is 85.3 Å². The molecule has 2 fully saturated rings. The number of amides is 1. The van der Waals surface area contributed by atoms with Gasteiger partial charge in [-0.15, -0.1) is 0 Å². The van der Waals surface area contributed by atoms with Crippen LogP contribution in [0.25, 0.3) is 10.8 Å². The molecular formula is C31H38N6O3. The van der Waals surface area contributed by atoms with Crippen molar-refractivity contribution < 1.29 is 14.6 Å². The van der Waals surface area contributed by atoms with E-state index in [-0.39, 0.29) is 29.8 Å². The Morgan fingerprint density at radius 1 is 1.20 bits per heavy atom. The standard InChI is InChI=1S/C31H38N6O3/c1-5-29(39)36-17-22-10-11-23(18-36)37(22)30-26-12-13-35(28-15-24(38)14-21-8-6-7-9-25(21)28)19-27(26)32-31(33-30)40-20(2)16-34(3)4/h5-9,14-15,20,22-23,38H,1,10-13,16-19H2,2-4H3/t20?,22-,23+. The first kappa shape index (κ1) is 26.4. The Kier molecular flexibility index (Phi) is 7.00. The van der Waals surface area contributed by atoms with Crippen LogP contribution in [-0.2, 0) is 17.8 Å². The summed E-state index contributed by atoms with van der Waals surface area (Å²) in [6.07, 6.45) is 4.18. The van der Waals surface area contributed by atoms with Crippen LogP contribution in [0.2, 0.25) is 0 Å². The minimum absolute atomic E-state index is 0.00298. The van der Waals surface area contributed by atoms with Gasteiger partial charge in [0.15, 0.2) is 0 Å². The number of carbonyl (C=O) groups is 1. The van der Waals surface area contributed by atoms with E-state index in [2.05, 4.69) is 27.3 Å². The molecule has 3 aromatic rings. The second kappa shape index (κ2) is 10.6. The molecule has 0 spiro atoms. The van der Waals surface area contributed by atoms with E-state index in [1.54, 1.807) is 0 Å². The van der Waals surface area contributed by atoms with Crippen molar-refractivity contribution in [1.82, 2.24) is 19.8 Å². The van der Waals surface area contributed by atoms with Gasteiger partial charge in [-0.05, 0) is 57.8 Å². The number of aromatic nitrogens is 2. The van der Waals surface area contributed by atoms with Gasteiger partial charge < -0.3 is 29.4 Å². The van der Waals surface area contributed by atoms with Gasteiger partial charge in [0.1, 0.15) is 17.7 Å². The van der Waals surface area contributed by atoms with Gasteiger partial charge in [0.05, 0.1) is 12.2 Å². The van der Waals surface area contributed by atoms with Gasteiger partial charge in [-0.25, -0.2) is 0 Å². The number of nitrogens with zero attached hydrogens (tertiary/aromatic N) is 6. The van der Waals surface area contributed by atoms with Crippen molar-refractivity contribution in [3.63, 3.8) is 0 Å². The predicted molar refractivity (Wildman–Crippen MR) is 157 cm³/mol. The molecule has 2 bridgehead atoms. The molecule has 1 aromatic heterocycles. The zero-order valence-corrected chi connectivity index (χ0v) is 23.6. The first-order chi connectivity index (χ1) is 19.3. The Bertz CT molecular complexity index is 1430. The number of ether oxygens (including phenoxy) is 1. The number of rotatable bonds is 7. The summed E-state index contributed by atoms with van der Waals surface area (Å²) in [7, 11) is 4.05. The summed E-state index contributed by atoms with van der Waals surface area (Å²) in [4.78, 5) is 31.2. The van der Waals surface area contributed by atoms with Crippen LogP contribution < -0.4 is 14.5 Å². The second-order valence-electron chi connectivity index (χ2n) is 11.5. The lowest BCUT2D eigenvalue weighted by molar-refractivity contribution is -0.126. The summed E-state index contributed by atoms with van der Waals surface area (Å²) in [5.74, 6) is 1.21. The van der Waals surface area contributed by atoms with Crippen LogP contribution in [-0.4, -0.2) is 89.2 Å². The third-order valence-corrected chi connectivity index (χ3v) is 8.33. The van der Waals surface area contributed by atoms with E-state index in [4.69, 9.17) is 14.7 Å². The maximum atomic E-state index is 12.4. The van der Waals surface area contributed by atoms with Crippen molar-refractivity contribution >= 4 is 28.2 Å². The zero-order valence-electron chi connectivity index (χ0n) is 23.6. The van der Waals surface area contributed by atoms with Crippen molar-refractivity contribution in [3.05, 3.63) is 60.3 Å². The highest BCUT2D eigenvalue weighted by atomic mass is 16.5. The third kappa shape index (κ3) is 4.94. The molecule has 9 nitrogen and oxygen atoms in total. The van der Waals surface area contributed by atoms with Gasteiger partial charge in [-0.3, -0.25) is 4.79 Å². The number of hydrogen-bond donors (Lipinski definition) is 1. The Labute approximate surface area is 235 Å². The maximum absolute atomic E-state index is 12.4. The average molecular weight is 543 g/mol. The lowest BCUT2D eigenvalue weighted by Crippen LogP contribution is -2.56. The Morgan fingerprint density at radius 3 is 2.67 bits per heavy atom. The molecule has 0 saturated carbocycles. The van der Waals surface area contributed by atoms with Crippen molar-refractivity contribution in [2.45, 2.75) is 50.9 Å². The van der Waals surface area contributed by atoms with E-state index in [0.717, 1.165) is 65.9 Å². The van der Waals surface area contributed by atoms with Gasteiger partial charge in [0.25, 0.3) is 0 Å². The summed E-state index contributed by atoms with van der Waals surface area (Å²) in [5, 5.41) is 12.6. The quantitative estimate of drug-likeness (QED) is 0.454. The van der Waals surface area contributed by atoms with E-state index in [1.165, 1.54) is 6.08 Å². The number of likely N-dealkylation sites (N-methyl/N-ethyl adjacent to an activating group) is 1. The first-order valence-electron chi connectivity index (χ1n) is 14.2. The van der Waals surface area contributed by atoms with Crippen LogP contribution in [0.1, 0.15) is 31.0 Å². The number of anilines is 2. The number of fused-ring (bicyclic) bond motifs is 4. The molecule has 0 radical (unpaired) electrons. The normalized spacial score (nSPS) is 21.1. The number of piperazine rings is 1. The van der Waals surface area contributed by atoms with Crippen molar-refractivity contribution in [1.29, 1.82) is 0 Å². The fourth-order valence-corrected chi connectivity index (χ4v) is 6.69. The molecule has 210 valence electrons. The van der Waals surface area contributed by atoms with Crippen LogP contribution in [0.5, 0.6) is 11.8 Å². The Hall–Kier alpha value is -3.85. The van der Waals surface area contributed by atoms with E-state index < -0.39 is 0 Å². The average Bonchev–Trinajstić information content (AvgIpc) is 3.19. The van der Waals surface area contributed by atoms with E-state index in [0.29, 0.717) is 25.6 Å². The monoisotopic (exact) mass is 542 g/mol. The number of carbonyl (C=O) groups excluding carboxylic acids is 1. The summed E-state index contributed by atoms with van der Waals surface area (Å²) in [6.45, 7) is 9.22. The molecule has 1 unspecified atom stereocenters. The summed E-state index contributed by atoms with van der Waals surface area (Å²) < 4.78 is 6.29. The smallest absolute Gasteiger partial charge is 0.318 e. The zero-order chi connectivity index (χ0) is 28.0. The molecule has 6 rings (SSSR count). The van der Waals surface area contributed by atoms with Gasteiger partial charge in [-0.1, -0.05) is 30.8 Å². The predicted octanol–water partition coefficient (Wildman–Crippen LogP) is 3.59. The van der Waals surface area contributed by atoms with Gasteiger partial charge in [0.2, 0.25) is 5.91 Å². The van der Waals surface area contributed by atoms with E-state index in [9.17, 15) is 9.90 Å². The fraction of sp³-hybridized carbons (Fsp3) is 0.452. The van der Waals surface area contributed by atoms with Crippen LogP contribution in [0, 0.1) is 0 Å². The van der Waals surface area contributed by atoms with Crippen LogP contribution in [0.3, 0.4) is 0 Å². The molecule has 1 amide bonds. The molecule has 40 heavy (non-hydrogen) atoms. The number of phenols is 1. The summed E-state index contributed by atoms with van der Waals surface area (Å²) in [5.41, 5.74) is 3.12. The van der Waals surface area contributed by atoms with Gasteiger partial charge in [0, 0.05) is 61.0 Å². The van der Waals surface area contributed by atoms with Crippen LogP contribution in [0.15, 0.2) is 49.1 Å². The van der Waals surface area contributed by atoms with E-state index >= 15 is 0 Å². The molecule has 3 aliphatic rings. The molecule has 2 aromatic carbocycles. The van der Waals surface area contributed by atoms with Crippen LogP contribution in [0.4, 0.5) is 11.5 Å². The molecule has 0 aliphatic carbocycles. The SMILES string of the molecule is C=CC(=O)N1C[C@H]2CC[C@@H](C1)N2c1nc(OC(C)CN(C)C)nc2c1CCN(c1cc(O)cc3ccccc13)C2. The Balaban J connectivity index is 1.37. The fourth-order valence-electron chi connectivity index (χ4n) is 6.69. The lowest BCUT2D eigenvalue weighted by atomic mass is 10.0. The third-order valence-electron chi connectivity index (χ3n) is 8.33. The lowest BCUT2D eigenvalue weighted by Gasteiger charge is -2.43.